The Morgan fingerprint density at radius 3 is 2.78 bits per heavy atom. The minimum absolute atomic E-state index is 0.0718. The molecule has 2 heterocycles. The first-order valence-corrected chi connectivity index (χ1v) is 8.97. The highest BCUT2D eigenvalue weighted by Gasteiger charge is 2.19. The molecule has 0 unspecified atom stereocenters. The number of Topliss-reactive ketones (excluding diaryl/α,β-unsaturated/α-hetero) is 1. The largest absolute Gasteiger partial charge is 0.461 e. The summed E-state index contributed by atoms with van der Waals surface area (Å²) in [6.07, 6.45) is 2.72. The van der Waals surface area contributed by atoms with Crippen molar-refractivity contribution in [1.29, 1.82) is 5.26 Å². The van der Waals surface area contributed by atoms with Gasteiger partial charge in [-0.1, -0.05) is 17.7 Å². The maximum Gasteiger partial charge on any atom is 0.238 e. The molecule has 0 N–H and O–H groups in total. The van der Waals surface area contributed by atoms with Crippen LogP contribution in [0, 0.1) is 11.3 Å². The predicted octanol–water partition coefficient (Wildman–Crippen LogP) is 4.86. The maximum absolute atomic E-state index is 12.3. The number of carbonyl (C=O) groups is 2. The number of thiazole rings is 1. The number of carbonyl (C=O) groups excluding carboxylic acids is 2. The Kier molecular flexibility index (Phi) is 5.50. The van der Waals surface area contributed by atoms with Crippen LogP contribution in [-0.2, 0) is 4.79 Å². The van der Waals surface area contributed by atoms with E-state index in [9.17, 15) is 14.9 Å². The van der Waals surface area contributed by atoms with E-state index >= 15 is 0 Å². The first-order chi connectivity index (χ1) is 13.0. The molecule has 134 valence electrons. The van der Waals surface area contributed by atoms with E-state index in [1.54, 1.807) is 35.7 Å². The number of halogens is 1. The Bertz CT molecular complexity index is 1060. The van der Waals surface area contributed by atoms with Crippen molar-refractivity contribution in [3.8, 4) is 6.07 Å². The number of aromatic nitrogens is 1. The molecule has 3 aromatic rings. The van der Waals surface area contributed by atoms with Crippen molar-refractivity contribution < 1.29 is 14.0 Å². The van der Waals surface area contributed by atoms with Gasteiger partial charge >= 0.3 is 0 Å². The fourth-order valence-corrected chi connectivity index (χ4v) is 3.35. The van der Waals surface area contributed by atoms with Crippen LogP contribution in [0.15, 0.2) is 58.0 Å². The Labute approximate surface area is 163 Å². The van der Waals surface area contributed by atoms with Crippen molar-refractivity contribution in [2.45, 2.75) is 6.92 Å². The van der Waals surface area contributed by atoms with E-state index in [1.165, 1.54) is 41.6 Å². The molecule has 0 radical (unpaired) electrons. The summed E-state index contributed by atoms with van der Waals surface area (Å²) in [6.45, 7) is 1.42. The number of amides is 1. The third-order valence-corrected chi connectivity index (χ3v) is 4.56. The predicted molar refractivity (Wildman–Crippen MR) is 103 cm³/mol. The van der Waals surface area contributed by atoms with E-state index in [0.717, 1.165) is 0 Å². The number of nitrogens with zero attached hydrogens (tertiary/aromatic N) is 3. The molecular weight excluding hydrogens is 386 g/mol. The van der Waals surface area contributed by atoms with Crippen LogP contribution in [0.1, 0.15) is 23.2 Å². The van der Waals surface area contributed by atoms with Gasteiger partial charge in [-0.05, 0) is 36.4 Å². The molecule has 27 heavy (non-hydrogen) atoms. The van der Waals surface area contributed by atoms with Gasteiger partial charge in [0.25, 0.3) is 0 Å². The lowest BCUT2D eigenvalue weighted by Gasteiger charge is -2.18. The van der Waals surface area contributed by atoms with E-state index in [0.29, 0.717) is 21.5 Å². The van der Waals surface area contributed by atoms with Crippen molar-refractivity contribution in [3.63, 3.8) is 0 Å². The fourth-order valence-electron chi connectivity index (χ4n) is 2.32. The van der Waals surface area contributed by atoms with Crippen LogP contribution in [0.3, 0.4) is 0 Å². The minimum atomic E-state index is -0.532. The summed E-state index contributed by atoms with van der Waals surface area (Å²) in [5, 5.41) is 11.8. The summed E-state index contributed by atoms with van der Waals surface area (Å²) in [6, 6.07) is 11.7. The van der Waals surface area contributed by atoms with Gasteiger partial charge in [0.1, 0.15) is 11.6 Å². The molecule has 0 aliphatic carbocycles. The van der Waals surface area contributed by atoms with Crippen molar-refractivity contribution in [2.75, 3.05) is 4.90 Å². The Balaban J connectivity index is 1.94. The number of hydrogen-bond donors (Lipinski definition) is 0. The van der Waals surface area contributed by atoms with Crippen LogP contribution >= 0.6 is 22.9 Å². The zero-order chi connectivity index (χ0) is 19.4. The quantitative estimate of drug-likeness (QED) is 0.348. The number of nitriles is 1. The third-order valence-electron chi connectivity index (χ3n) is 3.48. The number of rotatable bonds is 5. The molecule has 3 rings (SSSR count). The second-order valence-electron chi connectivity index (χ2n) is 5.37. The Hall–Kier alpha value is -3.21. The summed E-state index contributed by atoms with van der Waals surface area (Å²) in [5.74, 6) is -0.702. The van der Waals surface area contributed by atoms with Gasteiger partial charge < -0.3 is 4.42 Å². The highest BCUT2D eigenvalue weighted by Crippen LogP contribution is 2.31. The molecule has 0 saturated carbocycles. The van der Waals surface area contributed by atoms with Gasteiger partial charge in [-0.25, -0.2) is 4.98 Å². The van der Waals surface area contributed by atoms with Gasteiger partial charge in [0.05, 0.1) is 17.6 Å². The molecular formula is C19H12ClN3O3S. The number of hydrogen-bond acceptors (Lipinski definition) is 6. The monoisotopic (exact) mass is 397 g/mol. The lowest BCUT2D eigenvalue weighted by Crippen LogP contribution is -2.22. The van der Waals surface area contributed by atoms with Gasteiger partial charge in [-0.2, -0.15) is 5.26 Å². The van der Waals surface area contributed by atoms with E-state index in [2.05, 4.69) is 4.98 Å². The van der Waals surface area contributed by atoms with Crippen LogP contribution < -0.4 is 4.90 Å². The highest BCUT2D eigenvalue weighted by atomic mass is 35.5. The normalized spacial score (nSPS) is 11.1. The van der Waals surface area contributed by atoms with E-state index in [4.69, 9.17) is 16.0 Å². The van der Waals surface area contributed by atoms with Crippen molar-refractivity contribution in [2.24, 2.45) is 0 Å². The average molecular weight is 398 g/mol. The smallest absolute Gasteiger partial charge is 0.238 e. The van der Waals surface area contributed by atoms with Gasteiger partial charge in [0.15, 0.2) is 10.9 Å². The fraction of sp³-hybridized carbons (Fsp3) is 0.0526. The average Bonchev–Trinajstić information content (AvgIpc) is 3.31. The second-order valence-corrected chi connectivity index (χ2v) is 6.64. The maximum atomic E-state index is 12.3. The number of allylic oxidation sites excluding steroid dienone is 1. The van der Waals surface area contributed by atoms with Gasteiger partial charge in [0, 0.05) is 17.3 Å². The van der Waals surface area contributed by atoms with E-state index < -0.39 is 5.78 Å². The zero-order valence-corrected chi connectivity index (χ0v) is 15.6. The molecule has 0 fully saturated rings. The summed E-state index contributed by atoms with van der Waals surface area (Å²) in [5.41, 5.74) is 0.853. The molecule has 6 nitrogen and oxygen atoms in total. The topological polar surface area (TPSA) is 87.2 Å². The van der Waals surface area contributed by atoms with Gasteiger partial charge in [-0.3, -0.25) is 14.5 Å². The van der Waals surface area contributed by atoms with Crippen LogP contribution in [-0.4, -0.2) is 16.7 Å². The molecule has 8 heteroatoms. The molecule has 0 aliphatic heterocycles. The first kappa shape index (κ1) is 18.6. The molecule has 1 amide bonds. The van der Waals surface area contributed by atoms with Gasteiger partial charge in [-0.15, -0.1) is 11.3 Å². The van der Waals surface area contributed by atoms with Crippen molar-refractivity contribution >= 4 is 51.5 Å². The molecule has 0 atom stereocenters. The summed E-state index contributed by atoms with van der Waals surface area (Å²) in [7, 11) is 0. The number of furan rings is 1. The number of benzene rings is 1. The van der Waals surface area contributed by atoms with Crippen LogP contribution in [0.5, 0.6) is 0 Å². The first-order valence-electron chi connectivity index (χ1n) is 7.71. The molecule has 1 aromatic carbocycles. The number of anilines is 2. The molecule has 0 bridgehead atoms. The summed E-state index contributed by atoms with van der Waals surface area (Å²) < 4.78 is 5.04. The summed E-state index contributed by atoms with van der Waals surface area (Å²) >= 11 is 7.22. The second kappa shape index (κ2) is 7.99. The number of ketones is 1. The van der Waals surface area contributed by atoms with Crippen LogP contribution in [0.4, 0.5) is 10.8 Å². The van der Waals surface area contributed by atoms with E-state index in [1.807, 2.05) is 6.07 Å². The standard InChI is InChI=1S/C19H12ClN3O3S/c1-12(24)23(16-5-2-4-14(20)9-16)19-22-15(11-27-19)8-13(10-21)18(25)17-6-3-7-26-17/h2-9,11H,1H3/b13-8+. The lowest BCUT2D eigenvalue weighted by atomic mass is 10.1. The molecule has 0 saturated heterocycles. The highest BCUT2D eigenvalue weighted by molar-refractivity contribution is 7.14. The molecule has 0 aliphatic rings. The van der Waals surface area contributed by atoms with Crippen molar-refractivity contribution in [1.82, 2.24) is 4.98 Å². The Morgan fingerprint density at radius 1 is 1.33 bits per heavy atom. The zero-order valence-electron chi connectivity index (χ0n) is 14.0. The minimum Gasteiger partial charge on any atom is -0.461 e. The lowest BCUT2D eigenvalue weighted by molar-refractivity contribution is -0.115. The van der Waals surface area contributed by atoms with Gasteiger partial charge in [0.2, 0.25) is 11.7 Å². The van der Waals surface area contributed by atoms with Crippen LogP contribution in [0.2, 0.25) is 5.02 Å². The summed E-state index contributed by atoms with van der Waals surface area (Å²) in [4.78, 5) is 30.2. The Morgan fingerprint density at radius 2 is 2.15 bits per heavy atom. The third kappa shape index (κ3) is 4.14. The molecule has 2 aromatic heterocycles. The SMILES string of the molecule is CC(=O)N(c1cccc(Cl)c1)c1nc(/C=C(\C#N)C(=O)c2ccco2)cs1. The molecule has 0 spiro atoms. The van der Waals surface area contributed by atoms with Crippen LogP contribution in [0.25, 0.3) is 6.08 Å². The van der Waals surface area contributed by atoms with Crippen molar-refractivity contribution in [3.05, 3.63) is 70.1 Å². The van der Waals surface area contributed by atoms with E-state index in [-0.39, 0.29) is 17.2 Å².